The number of aliphatic carboxylic acids is 1. The number of aryl methyl sites for hydroxylation is 1. The van der Waals surface area contributed by atoms with E-state index in [9.17, 15) is 24.2 Å². The second kappa shape index (κ2) is 17.5. The molecule has 0 bridgehead atoms. The number of carbonyl (C=O) groups is 2. The SMILES string of the molecule is C/C(=C\CC(O)/C(F)=C/c1csc(C)n1)CCCC(C)C(O[Si](C)(C)C(C)(C)C)C(C)C(=O)C1(C(CC(=O)O)O[Si](C)(C)C(C)(C)C)CCC1. The van der Waals surface area contributed by atoms with Crippen molar-refractivity contribution in [3.05, 3.63) is 33.6 Å². The first kappa shape index (κ1) is 44.7. The summed E-state index contributed by atoms with van der Waals surface area (Å²) in [7, 11) is -4.66. The van der Waals surface area contributed by atoms with Crippen LogP contribution in [-0.2, 0) is 18.4 Å². The molecule has 7 nitrogen and oxygen atoms in total. The fourth-order valence-electron chi connectivity index (χ4n) is 6.23. The number of Topliss-reactive ketones (excluding diaryl/α,β-unsaturated/α-hetero) is 1. The Morgan fingerprint density at radius 3 is 2.08 bits per heavy atom. The lowest BCUT2D eigenvalue weighted by Crippen LogP contribution is -2.58. The molecule has 50 heavy (non-hydrogen) atoms. The van der Waals surface area contributed by atoms with E-state index in [1.54, 1.807) is 5.38 Å². The summed E-state index contributed by atoms with van der Waals surface area (Å²) in [6.07, 6.45) is 5.62. The van der Waals surface area contributed by atoms with Crippen molar-refractivity contribution in [2.24, 2.45) is 17.3 Å². The first-order chi connectivity index (χ1) is 22.7. The maximum absolute atomic E-state index is 14.8. The Labute approximate surface area is 308 Å². The Balaban J connectivity index is 2.27. The molecule has 5 atom stereocenters. The van der Waals surface area contributed by atoms with E-state index in [0.717, 1.165) is 36.3 Å². The van der Waals surface area contributed by atoms with E-state index in [2.05, 4.69) is 79.6 Å². The predicted octanol–water partition coefficient (Wildman–Crippen LogP) is 10.9. The standard InChI is InChI=1S/C39H68FNO6SSi2/c1-26(19-20-32(42)31(40)23-30-25-48-29(4)41-30)17-15-18-27(2)35(47-50(13,14)38(8,9)10)28(3)36(45)39(21-16-22-39)33(24-34(43)44)46-49(11,12)37(5,6)7/h19,23,25,27-28,32-33,35,42H,15-18,20-22,24H2,1-14H3,(H,43,44)/b26-19+,31-23-. The second-order valence-corrected chi connectivity index (χ2v) is 28.5. The number of hydrogen-bond acceptors (Lipinski definition) is 7. The van der Waals surface area contributed by atoms with Gasteiger partial charge in [0.25, 0.3) is 0 Å². The van der Waals surface area contributed by atoms with Crippen molar-refractivity contribution in [3.63, 3.8) is 0 Å². The number of aliphatic hydroxyl groups excluding tert-OH is 1. The van der Waals surface area contributed by atoms with Crippen LogP contribution in [0.1, 0.15) is 124 Å². The van der Waals surface area contributed by atoms with E-state index >= 15 is 0 Å². The molecule has 0 radical (unpaired) electrons. The molecule has 0 saturated heterocycles. The molecular weight excluding hydrogens is 686 g/mol. The van der Waals surface area contributed by atoms with Crippen LogP contribution in [0.4, 0.5) is 4.39 Å². The summed E-state index contributed by atoms with van der Waals surface area (Å²) in [5, 5.41) is 22.8. The third-order valence-electron chi connectivity index (χ3n) is 11.8. The van der Waals surface area contributed by atoms with Gasteiger partial charge in [0.15, 0.2) is 16.6 Å². The zero-order valence-electron chi connectivity index (χ0n) is 33.5. The number of carbonyl (C=O) groups excluding carboxylic acids is 1. The van der Waals surface area contributed by atoms with E-state index in [4.69, 9.17) is 8.85 Å². The van der Waals surface area contributed by atoms with Crippen LogP contribution in [0.5, 0.6) is 0 Å². The van der Waals surface area contributed by atoms with E-state index < -0.39 is 52.0 Å². The molecule has 1 aromatic heterocycles. The summed E-state index contributed by atoms with van der Waals surface area (Å²) in [4.78, 5) is 31.2. The Morgan fingerprint density at radius 2 is 1.62 bits per heavy atom. The molecule has 1 heterocycles. The van der Waals surface area contributed by atoms with E-state index in [1.165, 1.54) is 17.4 Å². The smallest absolute Gasteiger partial charge is 0.305 e. The average Bonchev–Trinajstić information content (AvgIpc) is 3.35. The van der Waals surface area contributed by atoms with Gasteiger partial charge in [-0.1, -0.05) is 73.5 Å². The highest BCUT2D eigenvalue weighted by atomic mass is 32.1. The molecule has 0 aromatic carbocycles. The summed E-state index contributed by atoms with van der Waals surface area (Å²) >= 11 is 1.44. The Morgan fingerprint density at radius 1 is 1.06 bits per heavy atom. The lowest BCUT2D eigenvalue weighted by molar-refractivity contribution is -0.155. The number of halogens is 1. The van der Waals surface area contributed by atoms with Gasteiger partial charge in [0, 0.05) is 11.3 Å². The number of aliphatic hydroxyl groups is 1. The van der Waals surface area contributed by atoms with Crippen molar-refractivity contribution in [1.82, 2.24) is 4.98 Å². The molecule has 1 aromatic rings. The molecule has 11 heteroatoms. The van der Waals surface area contributed by atoms with Crippen molar-refractivity contribution in [3.8, 4) is 0 Å². The first-order valence-electron chi connectivity index (χ1n) is 18.5. The maximum atomic E-state index is 14.8. The number of thiazole rings is 1. The number of aromatic nitrogens is 1. The number of carboxylic acid groups (broad SMARTS) is 1. The molecule has 5 unspecified atom stereocenters. The van der Waals surface area contributed by atoms with Crippen LogP contribution in [0.15, 0.2) is 22.9 Å². The van der Waals surface area contributed by atoms with Gasteiger partial charge >= 0.3 is 5.97 Å². The minimum absolute atomic E-state index is 0.0542. The van der Waals surface area contributed by atoms with Gasteiger partial charge in [-0.3, -0.25) is 9.59 Å². The Hall–Kier alpha value is -1.51. The summed E-state index contributed by atoms with van der Waals surface area (Å²) < 4.78 is 28.5. The van der Waals surface area contributed by atoms with Crippen molar-refractivity contribution < 1.29 is 33.0 Å². The van der Waals surface area contributed by atoms with Gasteiger partial charge in [0.1, 0.15) is 17.7 Å². The number of carboxylic acids is 1. The predicted molar refractivity (Wildman–Crippen MR) is 210 cm³/mol. The zero-order valence-corrected chi connectivity index (χ0v) is 36.4. The van der Waals surface area contributed by atoms with Crippen LogP contribution in [-0.4, -0.2) is 61.9 Å². The Bertz CT molecular complexity index is 1350. The summed E-state index contributed by atoms with van der Waals surface area (Å²) in [5.41, 5.74) is 0.765. The Kier molecular flexibility index (Phi) is 15.7. The van der Waals surface area contributed by atoms with E-state index in [0.29, 0.717) is 18.5 Å². The van der Waals surface area contributed by atoms with Crippen LogP contribution < -0.4 is 0 Å². The minimum atomic E-state index is -2.37. The van der Waals surface area contributed by atoms with Crippen LogP contribution in [0, 0.1) is 24.2 Å². The fourth-order valence-corrected chi connectivity index (χ4v) is 9.65. The number of nitrogens with zero attached hydrogens (tertiary/aromatic N) is 1. The molecular formula is C39H68FNO6SSi2. The van der Waals surface area contributed by atoms with Gasteiger partial charge in [-0.2, -0.15) is 0 Å². The molecule has 1 aliphatic carbocycles. The molecule has 1 aliphatic rings. The molecule has 2 rings (SSSR count). The third-order valence-corrected chi connectivity index (χ3v) is 21.6. The molecule has 2 N–H and O–H groups in total. The van der Waals surface area contributed by atoms with Crippen molar-refractivity contribution in [2.45, 2.75) is 175 Å². The zero-order chi connectivity index (χ0) is 38.5. The average molecular weight is 754 g/mol. The monoisotopic (exact) mass is 753 g/mol. The maximum Gasteiger partial charge on any atom is 0.305 e. The van der Waals surface area contributed by atoms with Crippen LogP contribution in [0.3, 0.4) is 0 Å². The van der Waals surface area contributed by atoms with E-state index in [1.807, 2.05) is 26.8 Å². The minimum Gasteiger partial charge on any atom is -0.481 e. The molecule has 0 amide bonds. The highest BCUT2D eigenvalue weighted by molar-refractivity contribution is 7.09. The molecule has 0 aliphatic heterocycles. The van der Waals surface area contributed by atoms with Crippen molar-refractivity contribution in [2.75, 3.05) is 0 Å². The summed E-state index contributed by atoms with van der Waals surface area (Å²) in [5.74, 6) is -1.81. The fraction of sp³-hybridized carbons (Fsp3) is 0.769. The topological polar surface area (TPSA) is 106 Å². The van der Waals surface area contributed by atoms with Crippen LogP contribution in [0.25, 0.3) is 6.08 Å². The van der Waals surface area contributed by atoms with Gasteiger partial charge in [-0.05, 0) is 101 Å². The van der Waals surface area contributed by atoms with Gasteiger partial charge in [-0.15, -0.1) is 11.3 Å². The van der Waals surface area contributed by atoms with Gasteiger partial charge < -0.3 is 19.1 Å². The lowest BCUT2D eigenvalue weighted by atomic mass is 9.58. The molecule has 1 saturated carbocycles. The molecule has 286 valence electrons. The highest BCUT2D eigenvalue weighted by Crippen LogP contribution is 2.52. The highest BCUT2D eigenvalue weighted by Gasteiger charge is 2.56. The second-order valence-electron chi connectivity index (χ2n) is 18.0. The molecule has 0 spiro atoms. The molecule has 1 fully saturated rings. The number of rotatable bonds is 19. The normalized spacial score (nSPS) is 19.4. The van der Waals surface area contributed by atoms with E-state index in [-0.39, 0.29) is 40.7 Å². The van der Waals surface area contributed by atoms with Gasteiger partial charge in [-0.25, -0.2) is 9.37 Å². The largest absolute Gasteiger partial charge is 0.481 e. The third kappa shape index (κ3) is 11.8. The van der Waals surface area contributed by atoms with Crippen LogP contribution >= 0.6 is 11.3 Å². The van der Waals surface area contributed by atoms with Gasteiger partial charge in [0.2, 0.25) is 0 Å². The number of ketones is 1. The van der Waals surface area contributed by atoms with Crippen molar-refractivity contribution in [1.29, 1.82) is 0 Å². The number of allylic oxidation sites excluding steroid dienone is 1. The van der Waals surface area contributed by atoms with Crippen LogP contribution in [0.2, 0.25) is 36.3 Å². The number of hydrogen-bond donors (Lipinski definition) is 2. The van der Waals surface area contributed by atoms with Crippen molar-refractivity contribution >= 4 is 45.8 Å². The quantitative estimate of drug-likeness (QED) is 0.107. The first-order valence-corrected chi connectivity index (χ1v) is 25.2. The summed E-state index contributed by atoms with van der Waals surface area (Å²) in [6.45, 7) is 29.7. The summed E-state index contributed by atoms with van der Waals surface area (Å²) in [6, 6.07) is 0. The lowest BCUT2D eigenvalue weighted by Gasteiger charge is -2.52. The van der Waals surface area contributed by atoms with Gasteiger partial charge in [0.05, 0.1) is 34.7 Å².